The van der Waals surface area contributed by atoms with Gasteiger partial charge in [-0.05, 0) is 43.6 Å². The lowest BCUT2D eigenvalue weighted by Crippen LogP contribution is -2.21. The molecule has 0 bridgehead atoms. The fourth-order valence-electron chi connectivity index (χ4n) is 3.70. The Morgan fingerprint density at radius 3 is 2.68 bits per heavy atom. The maximum absolute atomic E-state index is 12.0. The summed E-state index contributed by atoms with van der Waals surface area (Å²) in [5.74, 6) is 1.59. The molecule has 0 aromatic heterocycles. The number of carbonyl (C=O) groups excluding carboxylic acids is 1. The molecule has 2 aliphatic rings. The van der Waals surface area contributed by atoms with Crippen LogP contribution in [0.15, 0.2) is 23.3 Å². The predicted octanol–water partition coefficient (Wildman–Crippen LogP) is 5.29. The van der Waals surface area contributed by atoms with Crippen molar-refractivity contribution < 1.29 is 9.53 Å². The molecule has 0 aromatic carbocycles. The Hall–Kier alpha value is -1.05. The van der Waals surface area contributed by atoms with Gasteiger partial charge in [0, 0.05) is 5.92 Å². The lowest BCUT2D eigenvalue weighted by atomic mass is 9.80. The smallest absolute Gasteiger partial charge is 0.310 e. The molecule has 0 saturated carbocycles. The summed E-state index contributed by atoms with van der Waals surface area (Å²) in [5, 5.41) is 0. The van der Waals surface area contributed by atoms with E-state index in [0.29, 0.717) is 5.92 Å². The molecule has 124 valence electrons. The van der Waals surface area contributed by atoms with Crippen LogP contribution < -0.4 is 0 Å². The Morgan fingerprint density at radius 1 is 1.27 bits per heavy atom. The Labute approximate surface area is 136 Å². The Balaban J connectivity index is 2.09. The van der Waals surface area contributed by atoms with E-state index >= 15 is 0 Å². The third-order valence-electron chi connectivity index (χ3n) is 5.35. The van der Waals surface area contributed by atoms with Gasteiger partial charge in [-0.1, -0.05) is 58.3 Å². The van der Waals surface area contributed by atoms with Gasteiger partial charge in [0.1, 0.15) is 6.10 Å². The van der Waals surface area contributed by atoms with Crippen LogP contribution in [0, 0.1) is 23.7 Å². The Kier molecular flexibility index (Phi) is 5.88. The minimum Gasteiger partial charge on any atom is -0.457 e. The van der Waals surface area contributed by atoms with E-state index in [-0.39, 0.29) is 23.9 Å². The topological polar surface area (TPSA) is 26.3 Å². The van der Waals surface area contributed by atoms with Gasteiger partial charge in [0.15, 0.2) is 0 Å². The molecule has 2 heteroatoms. The van der Waals surface area contributed by atoms with Crippen molar-refractivity contribution in [2.75, 3.05) is 0 Å². The van der Waals surface area contributed by atoms with Crippen LogP contribution in [-0.2, 0) is 9.53 Å². The van der Waals surface area contributed by atoms with Crippen molar-refractivity contribution in [2.24, 2.45) is 23.7 Å². The number of allylic oxidation sites excluding steroid dienone is 2. The highest BCUT2D eigenvalue weighted by Gasteiger charge is 2.41. The molecule has 0 aromatic rings. The van der Waals surface area contributed by atoms with Crippen LogP contribution in [0.2, 0.25) is 0 Å². The zero-order chi connectivity index (χ0) is 16.3. The SMILES string of the molecule is C/C1=C/CC/C([C@H](C)CCCC(C)C)=C\C2C1OC(=O)[C@H]2C. The molecule has 2 unspecified atom stereocenters. The third-order valence-corrected chi connectivity index (χ3v) is 5.35. The highest BCUT2D eigenvalue weighted by Crippen LogP contribution is 2.38. The van der Waals surface area contributed by atoms with Crippen LogP contribution in [0.4, 0.5) is 0 Å². The van der Waals surface area contributed by atoms with E-state index in [0.717, 1.165) is 18.8 Å². The molecule has 0 spiro atoms. The maximum atomic E-state index is 12.0. The zero-order valence-electron chi connectivity index (χ0n) is 14.9. The molecule has 22 heavy (non-hydrogen) atoms. The van der Waals surface area contributed by atoms with Crippen LogP contribution in [-0.4, -0.2) is 12.1 Å². The molecule has 2 nitrogen and oxygen atoms in total. The molecule has 1 heterocycles. The summed E-state index contributed by atoms with van der Waals surface area (Å²) < 4.78 is 5.61. The molecular weight excluding hydrogens is 272 g/mol. The molecule has 0 radical (unpaired) electrons. The fraction of sp³-hybridized carbons (Fsp3) is 0.750. The molecule has 0 N–H and O–H groups in total. The van der Waals surface area contributed by atoms with E-state index < -0.39 is 0 Å². The molecule has 1 aliphatic heterocycles. The molecule has 2 rings (SSSR count). The summed E-state index contributed by atoms with van der Waals surface area (Å²) in [7, 11) is 0. The predicted molar refractivity (Wildman–Crippen MR) is 91.5 cm³/mol. The van der Waals surface area contributed by atoms with Crippen LogP contribution in [0.1, 0.15) is 66.7 Å². The van der Waals surface area contributed by atoms with Crippen LogP contribution >= 0.6 is 0 Å². The first kappa shape index (κ1) is 17.3. The number of carbonyl (C=O) groups is 1. The molecular formula is C20H32O2. The monoisotopic (exact) mass is 304 g/mol. The molecule has 1 aliphatic carbocycles. The van der Waals surface area contributed by atoms with Crippen molar-refractivity contribution in [3.8, 4) is 0 Å². The van der Waals surface area contributed by atoms with E-state index in [2.05, 4.69) is 39.8 Å². The normalized spacial score (nSPS) is 34.8. The second-order valence-corrected chi connectivity index (χ2v) is 7.68. The van der Waals surface area contributed by atoms with Crippen molar-refractivity contribution in [1.29, 1.82) is 0 Å². The first-order valence-electron chi connectivity index (χ1n) is 8.98. The lowest BCUT2D eigenvalue weighted by Gasteiger charge is -2.24. The van der Waals surface area contributed by atoms with Gasteiger partial charge in [0.05, 0.1) is 5.92 Å². The third kappa shape index (κ3) is 4.02. The number of ether oxygens (including phenoxy) is 1. The van der Waals surface area contributed by atoms with Gasteiger partial charge in [-0.3, -0.25) is 4.79 Å². The van der Waals surface area contributed by atoms with Crippen molar-refractivity contribution in [2.45, 2.75) is 72.8 Å². The van der Waals surface area contributed by atoms with Crippen molar-refractivity contribution in [3.63, 3.8) is 0 Å². The standard InChI is InChI=1S/C20H32O2/c1-13(2)8-6-9-14(3)17-11-7-10-15(4)19-18(12-17)16(5)20(21)22-19/h10,12-14,16,18-19H,6-9,11H2,1-5H3/b15-10-,17-12+/t14-,16+,18?,19?/m1/s1. The summed E-state index contributed by atoms with van der Waals surface area (Å²) in [6, 6.07) is 0. The maximum Gasteiger partial charge on any atom is 0.310 e. The number of hydrogen-bond acceptors (Lipinski definition) is 2. The number of fused-ring (bicyclic) bond motifs is 1. The van der Waals surface area contributed by atoms with Gasteiger partial charge in [0.2, 0.25) is 0 Å². The second kappa shape index (κ2) is 7.48. The first-order chi connectivity index (χ1) is 10.4. The van der Waals surface area contributed by atoms with E-state index in [9.17, 15) is 4.79 Å². The fourth-order valence-corrected chi connectivity index (χ4v) is 3.70. The first-order valence-corrected chi connectivity index (χ1v) is 8.98. The number of rotatable bonds is 5. The van der Waals surface area contributed by atoms with E-state index in [4.69, 9.17) is 4.74 Å². The molecule has 4 atom stereocenters. The summed E-state index contributed by atoms with van der Waals surface area (Å²) >= 11 is 0. The number of hydrogen-bond donors (Lipinski definition) is 0. The quantitative estimate of drug-likeness (QED) is 0.509. The van der Waals surface area contributed by atoms with Crippen LogP contribution in [0.5, 0.6) is 0 Å². The minimum atomic E-state index is -0.0345. The summed E-state index contributed by atoms with van der Waals surface area (Å²) in [6.07, 6.45) is 10.7. The van der Waals surface area contributed by atoms with Crippen LogP contribution in [0.3, 0.4) is 0 Å². The zero-order valence-corrected chi connectivity index (χ0v) is 14.9. The number of esters is 1. The van der Waals surface area contributed by atoms with Crippen molar-refractivity contribution >= 4 is 5.97 Å². The van der Waals surface area contributed by atoms with Gasteiger partial charge < -0.3 is 4.74 Å². The van der Waals surface area contributed by atoms with Gasteiger partial charge in [-0.15, -0.1) is 0 Å². The van der Waals surface area contributed by atoms with Gasteiger partial charge in [-0.2, -0.15) is 0 Å². The Morgan fingerprint density at radius 2 is 2.00 bits per heavy atom. The van der Waals surface area contributed by atoms with E-state index in [1.807, 2.05) is 6.92 Å². The largest absolute Gasteiger partial charge is 0.457 e. The van der Waals surface area contributed by atoms with E-state index in [1.165, 1.54) is 30.4 Å². The van der Waals surface area contributed by atoms with Gasteiger partial charge in [0.25, 0.3) is 0 Å². The summed E-state index contributed by atoms with van der Waals surface area (Å²) in [6.45, 7) is 11.1. The van der Waals surface area contributed by atoms with E-state index in [1.54, 1.807) is 0 Å². The van der Waals surface area contributed by atoms with Gasteiger partial charge >= 0.3 is 5.97 Å². The highest BCUT2D eigenvalue weighted by atomic mass is 16.6. The lowest BCUT2D eigenvalue weighted by molar-refractivity contribution is -0.142. The highest BCUT2D eigenvalue weighted by molar-refractivity contribution is 5.76. The van der Waals surface area contributed by atoms with Gasteiger partial charge in [-0.25, -0.2) is 0 Å². The average molecular weight is 304 g/mol. The summed E-state index contributed by atoms with van der Waals surface area (Å²) in [4.78, 5) is 12.0. The molecule has 1 fully saturated rings. The minimum absolute atomic E-state index is 0.00989. The van der Waals surface area contributed by atoms with Crippen molar-refractivity contribution in [3.05, 3.63) is 23.3 Å². The molecule has 0 amide bonds. The van der Waals surface area contributed by atoms with Crippen LogP contribution in [0.25, 0.3) is 0 Å². The second-order valence-electron chi connectivity index (χ2n) is 7.68. The Bertz CT molecular complexity index is 458. The van der Waals surface area contributed by atoms with Crippen molar-refractivity contribution in [1.82, 2.24) is 0 Å². The summed E-state index contributed by atoms with van der Waals surface area (Å²) in [5.41, 5.74) is 2.76. The molecule has 1 saturated heterocycles. The average Bonchev–Trinajstić information content (AvgIpc) is 2.71.